The molecule has 0 radical (unpaired) electrons. The lowest BCUT2D eigenvalue weighted by atomic mass is 10.1. The molecule has 0 aromatic heterocycles. The first-order valence-electron chi connectivity index (χ1n) is 17.6. The molecule has 0 fully saturated rings. The summed E-state index contributed by atoms with van der Waals surface area (Å²) in [6.45, 7) is 5.14. The summed E-state index contributed by atoms with van der Waals surface area (Å²) < 4.78 is 16.9. The third kappa shape index (κ3) is 15.4. The fourth-order valence-corrected chi connectivity index (χ4v) is 4.91. The Kier molecular flexibility index (Phi) is 16.7. The van der Waals surface area contributed by atoms with Crippen LogP contribution in [0.3, 0.4) is 0 Å². The number of hydrogen-bond donors (Lipinski definition) is 1. The Labute approximate surface area is 317 Å². The molecule has 6 rings (SSSR count). The van der Waals surface area contributed by atoms with Crippen molar-refractivity contribution in [3.63, 3.8) is 0 Å². The van der Waals surface area contributed by atoms with Gasteiger partial charge in [-0.05, 0) is 89.7 Å². The number of carbonyl (C=O) groups is 1. The molecular formula is C46H46N2O6. The van der Waals surface area contributed by atoms with E-state index in [-0.39, 0.29) is 11.7 Å². The molecule has 2 N–H and O–H groups in total. The summed E-state index contributed by atoms with van der Waals surface area (Å²) in [4.78, 5) is 20.6. The summed E-state index contributed by atoms with van der Waals surface area (Å²) in [6, 6.07) is 52.7. The Morgan fingerprint density at radius 2 is 0.926 bits per heavy atom. The molecule has 0 aliphatic heterocycles. The van der Waals surface area contributed by atoms with Crippen LogP contribution in [0.25, 0.3) is 6.08 Å². The quantitative estimate of drug-likeness (QED) is 0.0676. The predicted molar refractivity (Wildman–Crippen MR) is 215 cm³/mol. The van der Waals surface area contributed by atoms with Gasteiger partial charge in [0.05, 0.1) is 4.92 Å². The van der Waals surface area contributed by atoms with E-state index >= 15 is 0 Å². The van der Waals surface area contributed by atoms with Crippen molar-refractivity contribution in [2.24, 2.45) is 5.73 Å². The number of allylic oxidation sites excluding steroid dienone is 1. The molecule has 276 valence electrons. The molecule has 0 bridgehead atoms. The van der Waals surface area contributed by atoms with Crippen molar-refractivity contribution in [1.29, 1.82) is 0 Å². The van der Waals surface area contributed by atoms with Crippen molar-refractivity contribution in [3.05, 3.63) is 213 Å². The molecule has 0 spiro atoms. The number of nitrogens with two attached hydrogens (primary N) is 1. The average Bonchev–Trinajstić information content (AvgIpc) is 3.21. The van der Waals surface area contributed by atoms with E-state index in [2.05, 4.69) is 24.3 Å². The summed E-state index contributed by atoms with van der Waals surface area (Å²) in [5.41, 5.74) is 12.0. The highest BCUT2D eigenvalue weighted by molar-refractivity contribution is 5.74. The lowest BCUT2D eigenvalue weighted by molar-refractivity contribution is -0.422. The standard InChI is InChI=1S/C16H15NO3.C16H19NO.C14H12O2/c1-13(17(18)19)11-14-7-9-16(10-8-14)20-12-15-5-3-2-4-6-15;1-13(17)11-14-7-9-16(10-8-14)18-12-15-5-3-2-4-6-15;15-10-12-6-8-14(9-7-12)16-11-13-4-2-1-3-5-13/h2-11H,12H2,1H3;2-10,13H,11-12,17H2,1H3;1-10H,11H2/b13-11+;;. The van der Waals surface area contributed by atoms with Gasteiger partial charge in [0.15, 0.2) is 0 Å². The van der Waals surface area contributed by atoms with Crippen molar-refractivity contribution < 1.29 is 23.9 Å². The van der Waals surface area contributed by atoms with Crippen LogP contribution < -0.4 is 19.9 Å². The van der Waals surface area contributed by atoms with Crippen LogP contribution in [0, 0.1) is 10.1 Å². The van der Waals surface area contributed by atoms with E-state index in [4.69, 9.17) is 19.9 Å². The molecule has 0 heterocycles. The SMILES string of the molecule is C/C(=C\c1ccc(OCc2ccccc2)cc1)[N+](=O)[O-].CC(N)Cc1ccc(OCc2ccccc2)cc1.O=Cc1ccc(OCc2ccccc2)cc1. The lowest BCUT2D eigenvalue weighted by Gasteiger charge is -2.08. The van der Waals surface area contributed by atoms with Gasteiger partial charge >= 0.3 is 0 Å². The predicted octanol–water partition coefficient (Wildman–Crippen LogP) is 10.1. The maximum Gasteiger partial charge on any atom is 0.243 e. The highest BCUT2D eigenvalue weighted by atomic mass is 16.6. The van der Waals surface area contributed by atoms with Crippen molar-refractivity contribution in [2.45, 2.75) is 46.1 Å². The van der Waals surface area contributed by atoms with Gasteiger partial charge in [0.1, 0.15) is 43.4 Å². The second kappa shape index (κ2) is 22.4. The number of nitro groups is 1. The van der Waals surface area contributed by atoms with Gasteiger partial charge in [-0.25, -0.2) is 0 Å². The van der Waals surface area contributed by atoms with Crippen LogP contribution in [0.2, 0.25) is 0 Å². The normalized spacial score (nSPS) is 11.1. The molecular weight excluding hydrogens is 677 g/mol. The molecule has 0 aliphatic carbocycles. The van der Waals surface area contributed by atoms with Gasteiger partial charge in [0.2, 0.25) is 5.70 Å². The van der Waals surface area contributed by atoms with Gasteiger partial charge in [-0.1, -0.05) is 115 Å². The first-order valence-corrected chi connectivity index (χ1v) is 17.6. The maximum atomic E-state index is 10.5. The van der Waals surface area contributed by atoms with E-state index in [1.54, 1.807) is 36.4 Å². The minimum Gasteiger partial charge on any atom is -0.489 e. The Morgan fingerprint density at radius 1 is 0.574 bits per heavy atom. The molecule has 1 atom stereocenters. The van der Waals surface area contributed by atoms with Gasteiger partial charge in [0.25, 0.3) is 0 Å². The summed E-state index contributed by atoms with van der Waals surface area (Å²) >= 11 is 0. The lowest BCUT2D eigenvalue weighted by Crippen LogP contribution is -2.17. The Hall–Kier alpha value is -6.51. The van der Waals surface area contributed by atoms with E-state index in [9.17, 15) is 14.9 Å². The topological polar surface area (TPSA) is 114 Å². The van der Waals surface area contributed by atoms with E-state index < -0.39 is 4.92 Å². The summed E-state index contributed by atoms with van der Waals surface area (Å²) in [7, 11) is 0. The highest BCUT2D eigenvalue weighted by Crippen LogP contribution is 2.17. The minimum absolute atomic E-state index is 0.114. The summed E-state index contributed by atoms with van der Waals surface area (Å²) in [5.74, 6) is 2.41. The molecule has 6 aromatic carbocycles. The molecule has 0 amide bonds. The van der Waals surface area contributed by atoms with Crippen LogP contribution in [-0.2, 0) is 26.2 Å². The van der Waals surface area contributed by atoms with Gasteiger partial charge < -0.3 is 19.9 Å². The number of nitrogens with zero attached hydrogens (tertiary/aromatic N) is 1. The van der Waals surface area contributed by atoms with Crippen LogP contribution in [-0.4, -0.2) is 17.3 Å². The van der Waals surface area contributed by atoms with Crippen LogP contribution >= 0.6 is 0 Å². The Bertz CT molecular complexity index is 1980. The van der Waals surface area contributed by atoms with Crippen molar-refractivity contribution in [2.75, 3.05) is 0 Å². The van der Waals surface area contributed by atoms with Crippen LogP contribution in [0.1, 0.15) is 52.0 Å². The molecule has 0 aliphatic rings. The van der Waals surface area contributed by atoms with Crippen molar-refractivity contribution >= 4 is 12.4 Å². The molecule has 0 saturated heterocycles. The van der Waals surface area contributed by atoms with Gasteiger partial charge in [-0.3, -0.25) is 14.9 Å². The highest BCUT2D eigenvalue weighted by Gasteiger charge is 2.03. The first-order chi connectivity index (χ1) is 26.3. The Balaban J connectivity index is 0.000000182. The fourth-order valence-electron chi connectivity index (χ4n) is 4.91. The van der Waals surface area contributed by atoms with Crippen LogP contribution in [0.15, 0.2) is 169 Å². The zero-order valence-electron chi connectivity index (χ0n) is 30.6. The Morgan fingerprint density at radius 3 is 1.26 bits per heavy atom. The van der Waals surface area contributed by atoms with Crippen LogP contribution in [0.5, 0.6) is 17.2 Å². The summed E-state index contributed by atoms with van der Waals surface area (Å²) in [5, 5.41) is 10.5. The second-order valence-corrected chi connectivity index (χ2v) is 12.4. The van der Waals surface area contributed by atoms with Gasteiger partial charge in [-0.15, -0.1) is 0 Å². The molecule has 8 nitrogen and oxygen atoms in total. The number of rotatable bonds is 14. The third-order valence-corrected chi connectivity index (χ3v) is 7.79. The summed E-state index contributed by atoms with van der Waals surface area (Å²) in [6.07, 6.45) is 3.25. The number of hydrogen-bond acceptors (Lipinski definition) is 7. The van der Waals surface area contributed by atoms with Crippen molar-refractivity contribution in [1.82, 2.24) is 0 Å². The van der Waals surface area contributed by atoms with Gasteiger partial charge in [-0.2, -0.15) is 0 Å². The number of ether oxygens (including phenoxy) is 3. The second-order valence-electron chi connectivity index (χ2n) is 12.4. The molecule has 0 saturated carbocycles. The number of benzene rings is 6. The zero-order valence-corrected chi connectivity index (χ0v) is 30.6. The molecule has 8 heteroatoms. The molecule has 1 unspecified atom stereocenters. The first kappa shape index (κ1) is 40.3. The number of carbonyl (C=O) groups excluding carboxylic acids is 1. The zero-order chi connectivity index (χ0) is 38.4. The largest absolute Gasteiger partial charge is 0.489 e. The fraction of sp³-hybridized carbons (Fsp3) is 0.152. The smallest absolute Gasteiger partial charge is 0.243 e. The van der Waals surface area contributed by atoms with Gasteiger partial charge in [0, 0.05) is 24.6 Å². The average molecular weight is 723 g/mol. The monoisotopic (exact) mass is 722 g/mol. The van der Waals surface area contributed by atoms with E-state index in [1.807, 2.05) is 110 Å². The van der Waals surface area contributed by atoms with E-state index in [1.165, 1.54) is 24.1 Å². The minimum atomic E-state index is -0.403. The van der Waals surface area contributed by atoms with Crippen molar-refractivity contribution in [3.8, 4) is 17.2 Å². The van der Waals surface area contributed by atoms with E-state index in [0.717, 1.165) is 46.6 Å². The molecule has 6 aromatic rings. The maximum absolute atomic E-state index is 10.5. The van der Waals surface area contributed by atoms with Crippen LogP contribution in [0.4, 0.5) is 0 Å². The third-order valence-electron chi connectivity index (χ3n) is 7.79. The van der Waals surface area contributed by atoms with E-state index in [0.29, 0.717) is 25.4 Å². The number of aldehydes is 1. The molecule has 54 heavy (non-hydrogen) atoms.